The van der Waals surface area contributed by atoms with E-state index in [9.17, 15) is 9.90 Å². The van der Waals surface area contributed by atoms with Crippen LogP contribution in [0.4, 0.5) is 0 Å². The molecule has 0 amide bonds. The maximum absolute atomic E-state index is 11.9. The van der Waals surface area contributed by atoms with Gasteiger partial charge in [-0.25, -0.2) is 0 Å². The third kappa shape index (κ3) is 1.32. The highest BCUT2D eigenvalue weighted by atomic mass is 16.3. The van der Waals surface area contributed by atoms with E-state index in [-0.39, 0.29) is 16.9 Å². The molecule has 22 heavy (non-hydrogen) atoms. The molecule has 4 saturated carbocycles. The van der Waals surface area contributed by atoms with Gasteiger partial charge in [-0.05, 0) is 85.0 Å². The molecule has 5 aliphatic rings. The van der Waals surface area contributed by atoms with Gasteiger partial charge in [0.25, 0.3) is 0 Å². The van der Waals surface area contributed by atoms with E-state index in [1.807, 2.05) is 6.08 Å². The number of aliphatic hydroxyl groups excluding tert-OH is 1. The summed E-state index contributed by atoms with van der Waals surface area (Å²) in [5, 5.41) is 10.6. The fourth-order valence-electron chi connectivity index (χ4n) is 7.76. The van der Waals surface area contributed by atoms with Crippen LogP contribution in [0.15, 0.2) is 11.6 Å². The van der Waals surface area contributed by atoms with E-state index in [4.69, 9.17) is 0 Å². The highest BCUT2D eigenvalue weighted by Crippen LogP contribution is 2.82. The van der Waals surface area contributed by atoms with Crippen molar-refractivity contribution in [1.82, 2.24) is 0 Å². The number of allylic oxidation sites excluding steroid dienone is 1. The van der Waals surface area contributed by atoms with E-state index in [1.54, 1.807) is 0 Å². The standard InChI is InChI=1S/C20H28O2/c1-18-7-5-14(21)9-12(18)3-4-16-15(18)6-8-19(2)17(22)10-13-11-20(13,16)19/h9,13,15-17,22H,3-8,10-11H2,1-2H3/t13?,15-,16+,17?,18-,19+,20?/m0/s1. The lowest BCUT2D eigenvalue weighted by molar-refractivity contribution is -0.120. The minimum Gasteiger partial charge on any atom is -0.393 e. The predicted octanol–water partition coefficient (Wildman–Crippen LogP) is 3.88. The molecule has 0 aliphatic heterocycles. The fourth-order valence-corrected chi connectivity index (χ4v) is 7.76. The first-order valence-electron chi connectivity index (χ1n) is 9.34. The SMILES string of the molecule is C[C@]12CCC(=O)C=C1CC[C@@H]1[C@@H]2CC[C@]2(C)C(O)CC3CC312. The molecule has 5 aliphatic carbocycles. The minimum absolute atomic E-state index is 0.0649. The molecule has 2 nitrogen and oxygen atoms in total. The minimum atomic E-state index is -0.0649. The van der Waals surface area contributed by atoms with E-state index in [1.165, 1.54) is 31.3 Å². The molecule has 4 fully saturated rings. The molecule has 3 unspecified atom stereocenters. The van der Waals surface area contributed by atoms with E-state index in [0.29, 0.717) is 11.2 Å². The largest absolute Gasteiger partial charge is 0.393 e. The summed E-state index contributed by atoms with van der Waals surface area (Å²) < 4.78 is 0. The van der Waals surface area contributed by atoms with Crippen LogP contribution in [-0.2, 0) is 4.79 Å². The summed E-state index contributed by atoms with van der Waals surface area (Å²) in [6, 6.07) is 0. The van der Waals surface area contributed by atoms with Gasteiger partial charge in [0.05, 0.1) is 6.10 Å². The number of rotatable bonds is 0. The number of hydrogen-bond acceptors (Lipinski definition) is 2. The van der Waals surface area contributed by atoms with Gasteiger partial charge in [-0.3, -0.25) is 4.79 Å². The lowest BCUT2D eigenvalue weighted by atomic mass is 9.45. The molecule has 1 N–H and O–H groups in total. The second-order valence-corrected chi connectivity index (χ2v) is 9.45. The third-order valence-corrected chi connectivity index (χ3v) is 9.08. The van der Waals surface area contributed by atoms with Crippen molar-refractivity contribution >= 4 is 5.78 Å². The van der Waals surface area contributed by atoms with E-state index in [2.05, 4.69) is 13.8 Å². The van der Waals surface area contributed by atoms with Crippen molar-refractivity contribution in [3.05, 3.63) is 11.6 Å². The zero-order valence-electron chi connectivity index (χ0n) is 13.9. The molecule has 0 radical (unpaired) electrons. The van der Waals surface area contributed by atoms with Crippen LogP contribution in [0.2, 0.25) is 0 Å². The maximum atomic E-state index is 11.9. The Balaban J connectivity index is 1.57. The van der Waals surface area contributed by atoms with E-state index < -0.39 is 0 Å². The summed E-state index contributed by atoms with van der Waals surface area (Å²) in [5.41, 5.74) is 2.36. The Hall–Kier alpha value is -0.630. The molecule has 0 aromatic heterocycles. The van der Waals surface area contributed by atoms with Crippen LogP contribution in [0.5, 0.6) is 0 Å². The Morgan fingerprint density at radius 2 is 1.95 bits per heavy atom. The Morgan fingerprint density at radius 1 is 1.14 bits per heavy atom. The van der Waals surface area contributed by atoms with Crippen LogP contribution < -0.4 is 0 Å². The number of aliphatic hydroxyl groups is 1. The Morgan fingerprint density at radius 3 is 2.77 bits per heavy atom. The normalized spacial score (nSPS) is 59.0. The monoisotopic (exact) mass is 300 g/mol. The zero-order chi connectivity index (χ0) is 15.3. The van der Waals surface area contributed by atoms with E-state index >= 15 is 0 Å². The van der Waals surface area contributed by atoms with Gasteiger partial charge in [0.2, 0.25) is 0 Å². The third-order valence-electron chi connectivity index (χ3n) is 9.08. The molecule has 2 heteroatoms. The molecule has 0 heterocycles. The fraction of sp³-hybridized carbons (Fsp3) is 0.850. The molecular weight excluding hydrogens is 272 g/mol. The van der Waals surface area contributed by atoms with Gasteiger partial charge < -0.3 is 5.11 Å². The lowest BCUT2D eigenvalue weighted by Gasteiger charge is -2.59. The van der Waals surface area contributed by atoms with Crippen molar-refractivity contribution in [2.45, 2.75) is 71.3 Å². The van der Waals surface area contributed by atoms with E-state index in [0.717, 1.165) is 43.4 Å². The Kier molecular flexibility index (Phi) is 2.43. The molecule has 120 valence electrons. The summed E-state index contributed by atoms with van der Waals surface area (Å²) in [6.45, 7) is 4.84. The van der Waals surface area contributed by atoms with Crippen LogP contribution in [0.1, 0.15) is 65.2 Å². The molecule has 0 aromatic carbocycles. The average Bonchev–Trinajstić information content (AvgIpc) is 3.13. The van der Waals surface area contributed by atoms with Gasteiger partial charge in [0.15, 0.2) is 5.78 Å². The average molecular weight is 300 g/mol. The highest BCUT2D eigenvalue weighted by Gasteiger charge is 2.77. The zero-order valence-corrected chi connectivity index (χ0v) is 13.9. The predicted molar refractivity (Wildman–Crippen MR) is 85.1 cm³/mol. The summed E-state index contributed by atoms with van der Waals surface area (Å²) >= 11 is 0. The maximum Gasteiger partial charge on any atom is 0.155 e. The number of hydrogen-bond donors (Lipinski definition) is 1. The molecular formula is C20H28O2. The van der Waals surface area contributed by atoms with Crippen molar-refractivity contribution in [2.24, 2.45) is 34.0 Å². The number of carbonyl (C=O) groups excluding carboxylic acids is 1. The Labute approximate surface area is 133 Å². The number of ketones is 1. The van der Waals surface area contributed by atoms with Crippen molar-refractivity contribution in [3.8, 4) is 0 Å². The Bertz CT molecular complexity index is 593. The number of fused-ring (bicyclic) bond motifs is 3. The first-order chi connectivity index (χ1) is 10.4. The first-order valence-corrected chi connectivity index (χ1v) is 9.34. The van der Waals surface area contributed by atoms with Crippen LogP contribution >= 0.6 is 0 Å². The van der Waals surface area contributed by atoms with Gasteiger partial charge in [-0.1, -0.05) is 19.4 Å². The summed E-state index contributed by atoms with van der Waals surface area (Å²) in [7, 11) is 0. The second-order valence-electron chi connectivity index (χ2n) is 9.45. The quantitative estimate of drug-likeness (QED) is 0.737. The van der Waals surface area contributed by atoms with Crippen molar-refractivity contribution < 1.29 is 9.90 Å². The van der Waals surface area contributed by atoms with Crippen LogP contribution in [-0.4, -0.2) is 17.0 Å². The highest BCUT2D eigenvalue weighted by molar-refractivity contribution is 5.91. The molecule has 0 aromatic rings. The topological polar surface area (TPSA) is 37.3 Å². The van der Waals surface area contributed by atoms with Gasteiger partial charge in [0, 0.05) is 6.42 Å². The molecule has 7 atom stereocenters. The lowest BCUT2D eigenvalue weighted by Crippen LogP contribution is -2.53. The van der Waals surface area contributed by atoms with Crippen LogP contribution in [0.25, 0.3) is 0 Å². The molecule has 0 bridgehead atoms. The van der Waals surface area contributed by atoms with Crippen molar-refractivity contribution in [1.29, 1.82) is 0 Å². The van der Waals surface area contributed by atoms with Gasteiger partial charge in [-0.15, -0.1) is 0 Å². The van der Waals surface area contributed by atoms with Gasteiger partial charge in [-0.2, -0.15) is 0 Å². The van der Waals surface area contributed by atoms with Crippen LogP contribution in [0, 0.1) is 34.0 Å². The summed E-state index contributed by atoms with van der Waals surface area (Å²) in [6.07, 6.45) is 11.0. The van der Waals surface area contributed by atoms with Crippen molar-refractivity contribution in [3.63, 3.8) is 0 Å². The molecule has 0 saturated heterocycles. The van der Waals surface area contributed by atoms with Gasteiger partial charge in [0.1, 0.15) is 0 Å². The van der Waals surface area contributed by atoms with Crippen molar-refractivity contribution in [2.75, 3.05) is 0 Å². The molecule has 5 rings (SSSR count). The summed E-state index contributed by atoms with van der Waals surface area (Å²) in [5.74, 6) is 2.69. The molecule has 1 spiro atoms. The van der Waals surface area contributed by atoms with Crippen LogP contribution in [0.3, 0.4) is 0 Å². The first kappa shape index (κ1) is 13.8. The number of carbonyl (C=O) groups is 1. The second kappa shape index (κ2) is 3.88. The smallest absolute Gasteiger partial charge is 0.155 e. The summed E-state index contributed by atoms with van der Waals surface area (Å²) in [4.78, 5) is 11.9. The van der Waals surface area contributed by atoms with Gasteiger partial charge >= 0.3 is 0 Å².